The number of carboxylic acids is 1. The third-order valence-corrected chi connectivity index (χ3v) is 4.98. The Kier molecular flexibility index (Phi) is 8.72. The maximum Gasteiger partial charge on any atom is 0.320 e. The van der Waals surface area contributed by atoms with Crippen LogP contribution in [0.25, 0.3) is 0 Å². The van der Waals surface area contributed by atoms with E-state index in [9.17, 15) is 14.7 Å². The second-order valence-electron chi connectivity index (χ2n) is 6.15. The van der Waals surface area contributed by atoms with E-state index in [0.717, 1.165) is 6.04 Å². The summed E-state index contributed by atoms with van der Waals surface area (Å²) in [4.78, 5) is 24.7. The summed E-state index contributed by atoms with van der Waals surface area (Å²) in [5.41, 5.74) is 0. The van der Waals surface area contributed by atoms with Crippen molar-refractivity contribution < 1.29 is 19.4 Å². The van der Waals surface area contributed by atoms with Gasteiger partial charge >= 0.3 is 11.9 Å². The minimum absolute atomic E-state index is 0.166. The molecule has 0 aromatic rings. The lowest BCUT2D eigenvalue weighted by Gasteiger charge is -2.25. The average molecular weight is 303 g/mol. The number of esters is 1. The van der Waals surface area contributed by atoms with Crippen LogP contribution in [0.3, 0.4) is 0 Å². The fraction of sp³-hybridized carbons (Fsp3) is 0.857. The molecular formula is C14H29NO4Si. The maximum absolute atomic E-state index is 11.6. The minimum atomic E-state index is -1.20. The molecule has 0 saturated carbocycles. The minimum Gasteiger partial charge on any atom is -0.480 e. The van der Waals surface area contributed by atoms with Crippen molar-refractivity contribution in [2.45, 2.75) is 58.4 Å². The van der Waals surface area contributed by atoms with Gasteiger partial charge in [-0.2, -0.15) is 0 Å². The van der Waals surface area contributed by atoms with Crippen molar-refractivity contribution in [2.24, 2.45) is 0 Å². The SMILES string of the molecule is CCN(CC)[C@@H](CCC(=O)OCC[Si](C)(C)C)C(=O)O. The van der Waals surface area contributed by atoms with Gasteiger partial charge in [0.15, 0.2) is 0 Å². The Hall–Kier alpha value is -0.883. The van der Waals surface area contributed by atoms with Gasteiger partial charge in [0.05, 0.1) is 6.61 Å². The number of nitrogens with zero attached hydrogens (tertiary/aromatic N) is 1. The molecule has 118 valence electrons. The quantitative estimate of drug-likeness (QED) is 0.496. The van der Waals surface area contributed by atoms with Gasteiger partial charge in [-0.15, -0.1) is 0 Å². The summed E-state index contributed by atoms with van der Waals surface area (Å²) in [6, 6.07) is 0.339. The normalized spacial score (nSPS) is 13.3. The van der Waals surface area contributed by atoms with Crippen LogP contribution in [0, 0.1) is 0 Å². The summed E-state index contributed by atoms with van der Waals surface area (Å²) < 4.78 is 5.18. The molecule has 0 saturated heterocycles. The molecule has 0 heterocycles. The molecule has 0 bridgehead atoms. The number of hydrogen-bond acceptors (Lipinski definition) is 4. The van der Waals surface area contributed by atoms with Crippen LogP contribution in [0.5, 0.6) is 0 Å². The van der Waals surface area contributed by atoms with E-state index in [1.807, 2.05) is 18.7 Å². The van der Waals surface area contributed by atoms with E-state index in [2.05, 4.69) is 19.6 Å². The molecule has 0 fully saturated rings. The van der Waals surface area contributed by atoms with Crippen molar-refractivity contribution in [1.29, 1.82) is 0 Å². The number of hydrogen-bond donors (Lipinski definition) is 1. The molecule has 5 nitrogen and oxygen atoms in total. The molecule has 1 atom stereocenters. The Morgan fingerprint density at radius 2 is 1.75 bits per heavy atom. The zero-order valence-electron chi connectivity index (χ0n) is 13.4. The fourth-order valence-electron chi connectivity index (χ4n) is 1.92. The first-order valence-electron chi connectivity index (χ1n) is 7.33. The number of carbonyl (C=O) groups excluding carboxylic acids is 1. The van der Waals surface area contributed by atoms with Gasteiger partial charge < -0.3 is 9.84 Å². The molecule has 0 aromatic carbocycles. The van der Waals surface area contributed by atoms with Crippen molar-refractivity contribution >= 4 is 20.0 Å². The van der Waals surface area contributed by atoms with Crippen LogP contribution < -0.4 is 0 Å². The first kappa shape index (κ1) is 19.1. The summed E-state index contributed by atoms with van der Waals surface area (Å²) in [7, 11) is -1.20. The van der Waals surface area contributed by atoms with Crippen molar-refractivity contribution in [1.82, 2.24) is 4.90 Å². The molecule has 0 spiro atoms. The fourth-order valence-corrected chi connectivity index (χ4v) is 2.64. The van der Waals surface area contributed by atoms with Crippen LogP contribution in [-0.4, -0.2) is 55.8 Å². The Morgan fingerprint density at radius 1 is 1.20 bits per heavy atom. The molecule has 1 N–H and O–H groups in total. The molecule has 0 aliphatic rings. The molecular weight excluding hydrogens is 274 g/mol. The van der Waals surface area contributed by atoms with Crippen LogP contribution in [0.2, 0.25) is 25.7 Å². The van der Waals surface area contributed by atoms with E-state index < -0.39 is 20.1 Å². The first-order chi connectivity index (χ1) is 9.21. The zero-order valence-corrected chi connectivity index (χ0v) is 14.4. The predicted octanol–water partition coefficient (Wildman–Crippen LogP) is 2.44. The lowest BCUT2D eigenvalue weighted by Crippen LogP contribution is -2.41. The van der Waals surface area contributed by atoms with Crippen molar-refractivity contribution in [2.75, 3.05) is 19.7 Å². The van der Waals surface area contributed by atoms with Gasteiger partial charge in [0, 0.05) is 14.5 Å². The summed E-state index contributed by atoms with van der Waals surface area (Å²) in [6.45, 7) is 12.3. The first-order valence-corrected chi connectivity index (χ1v) is 11.0. The number of aliphatic carboxylic acids is 1. The number of carboxylic acid groups (broad SMARTS) is 1. The summed E-state index contributed by atoms with van der Waals surface area (Å²) in [6.07, 6.45) is 0.474. The Bertz CT molecular complexity index is 311. The second-order valence-corrected chi connectivity index (χ2v) is 11.8. The van der Waals surface area contributed by atoms with Crippen LogP contribution in [0.4, 0.5) is 0 Å². The van der Waals surface area contributed by atoms with Gasteiger partial charge in [-0.25, -0.2) is 0 Å². The molecule has 0 unspecified atom stereocenters. The molecule has 20 heavy (non-hydrogen) atoms. The van der Waals surface area contributed by atoms with Gasteiger partial charge in [0.2, 0.25) is 0 Å². The predicted molar refractivity (Wildman–Crippen MR) is 82.7 cm³/mol. The number of rotatable bonds is 10. The molecule has 0 aliphatic carbocycles. The third-order valence-electron chi connectivity index (χ3n) is 3.28. The molecule has 6 heteroatoms. The Labute approximate surface area is 123 Å². The van der Waals surface area contributed by atoms with Crippen LogP contribution in [0.1, 0.15) is 26.7 Å². The summed E-state index contributed by atoms with van der Waals surface area (Å²) >= 11 is 0. The van der Waals surface area contributed by atoms with Crippen molar-refractivity contribution in [3.8, 4) is 0 Å². The van der Waals surface area contributed by atoms with E-state index >= 15 is 0 Å². The second kappa shape index (κ2) is 9.13. The van der Waals surface area contributed by atoms with Crippen molar-refractivity contribution in [3.63, 3.8) is 0 Å². The summed E-state index contributed by atoms with van der Waals surface area (Å²) in [5, 5.41) is 9.21. The van der Waals surface area contributed by atoms with Crippen LogP contribution in [0.15, 0.2) is 0 Å². The van der Waals surface area contributed by atoms with E-state index in [1.54, 1.807) is 0 Å². The third kappa shape index (κ3) is 8.32. The molecule has 0 aromatic heterocycles. The highest BCUT2D eigenvalue weighted by Crippen LogP contribution is 2.10. The largest absolute Gasteiger partial charge is 0.480 e. The van der Waals surface area contributed by atoms with Gasteiger partial charge in [0.25, 0.3) is 0 Å². The standard InChI is InChI=1S/C14H29NO4Si/c1-6-15(7-2)12(14(17)18)8-9-13(16)19-10-11-20(3,4)5/h12H,6-11H2,1-5H3,(H,17,18)/t12-/m0/s1. The Balaban J connectivity index is 4.15. The summed E-state index contributed by atoms with van der Waals surface area (Å²) in [5.74, 6) is -1.16. The number of likely N-dealkylation sites (N-methyl/N-ethyl adjacent to an activating group) is 1. The molecule has 0 rings (SSSR count). The molecule has 0 aliphatic heterocycles. The van der Waals surface area contributed by atoms with Crippen LogP contribution in [-0.2, 0) is 14.3 Å². The Morgan fingerprint density at radius 3 is 2.15 bits per heavy atom. The van der Waals surface area contributed by atoms with Gasteiger partial charge in [-0.1, -0.05) is 33.5 Å². The molecule has 0 amide bonds. The highest BCUT2D eigenvalue weighted by molar-refractivity contribution is 6.76. The smallest absolute Gasteiger partial charge is 0.320 e. The van der Waals surface area contributed by atoms with Gasteiger partial charge in [-0.05, 0) is 25.6 Å². The van der Waals surface area contributed by atoms with E-state index in [4.69, 9.17) is 4.74 Å². The topological polar surface area (TPSA) is 66.8 Å². The number of ether oxygens (including phenoxy) is 1. The van der Waals surface area contributed by atoms with E-state index in [1.165, 1.54) is 0 Å². The zero-order chi connectivity index (χ0) is 15.8. The van der Waals surface area contributed by atoms with Gasteiger partial charge in [0.1, 0.15) is 6.04 Å². The van der Waals surface area contributed by atoms with Crippen molar-refractivity contribution in [3.05, 3.63) is 0 Å². The van der Waals surface area contributed by atoms with E-state index in [-0.39, 0.29) is 12.4 Å². The van der Waals surface area contributed by atoms with Crippen LogP contribution >= 0.6 is 0 Å². The molecule has 0 radical (unpaired) electrons. The highest BCUT2D eigenvalue weighted by atomic mass is 28.3. The monoisotopic (exact) mass is 303 g/mol. The average Bonchev–Trinajstić information content (AvgIpc) is 2.32. The number of carbonyl (C=O) groups is 2. The van der Waals surface area contributed by atoms with E-state index in [0.29, 0.717) is 26.1 Å². The maximum atomic E-state index is 11.6. The lowest BCUT2D eigenvalue weighted by atomic mass is 10.1. The van der Waals surface area contributed by atoms with Gasteiger partial charge in [-0.3, -0.25) is 14.5 Å². The highest BCUT2D eigenvalue weighted by Gasteiger charge is 2.24. The lowest BCUT2D eigenvalue weighted by molar-refractivity contribution is -0.146.